The van der Waals surface area contributed by atoms with Gasteiger partial charge in [-0.3, -0.25) is 0 Å². The number of nitrogens with two attached hydrogens (primary N) is 1. The van der Waals surface area contributed by atoms with E-state index in [9.17, 15) is 0 Å². The minimum Gasteiger partial charge on any atom is -0.384 e. The highest BCUT2D eigenvalue weighted by molar-refractivity contribution is 5.49. The van der Waals surface area contributed by atoms with Crippen LogP contribution in [0.5, 0.6) is 0 Å². The van der Waals surface area contributed by atoms with Crippen LogP contribution in [-0.2, 0) is 0 Å². The Morgan fingerprint density at radius 2 is 2.27 bits per heavy atom. The third kappa shape index (κ3) is 1.78. The molecule has 3 heteroatoms. The Bertz CT molecular complexity index is 367. The van der Waals surface area contributed by atoms with Crippen LogP contribution >= 0.6 is 0 Å². The highest BCUT2D eigenvalue weighted by atomic mass is 14.9. The summed E-state index contributed by atoms with van der Waals surface area (Å²) in [6.07, 6.45) is 7.46. The Balaban J connectivity index is 1.61. The average molecular weight is 203 g/mol. The molecule has 2 saturated carbocycles. The topological polar surface area (TPSA) is 50.9 Å². The maximum absolute atomic E-state index is 5.63. The fourth-order valence-electron chi connectivity index (χ4n) is 2.42. The van der Waals surface area contributed by atoms with Crippen molar-refractivity contribution in [3.63, 3.8) is 0 Å². The van der Waals surface area contributed by atoms with Crippen LogP contribution in [0, 0.1) is 11.3 Å². The third-order valence-corrected chi connectivity index (χ3v) is 3.76. The molecule has 0 atom stereocenters. The van der Waals surface area contributed by atoms with E-state index in [4.69, 9.17) is 5.73 Å². The van der Waals surface area contributed by atoms with Gasteiger partial charge in [0.15, 0.2) is 0 Å². The minimum atomic E-state index is 0.594. The van der Waals surface area contributed by atoms with Gasteiger partial charge in [-0.05, 0) is 43.1 Å². The van der Waals surface area contributed by atoms with Crippen LogP contribution in [-0.4, -0.2) is 11.5 Å². The maximum Gasteiger partial charge on any atom is 0.125 e. The van der Waals surface area contributed by atoms with Gasteiger partial charge in [0.05, 0.1) is 0 Å². The quantitative estimate of drug-likeness (QED) is 0.789. The zero-order valence-corrected chi connectivity index (χ0v) is 8.87. The van der Waals surface area contributed by atoms with Gasteiger partial charge in [0, 0.05) is 24.5 Å². The van der Waals surface area contributed by atoms with Gasteiger partial charge in [0.25, 0.3) is 0 Å². The number of nitrogens with zero attached hydrogens (tertiary/aromatic N) is 1. The number of aromatic nitrogens is 1. The summed E-state index contributed by atoms with van der Waals surface area (Å²) in [5.41, 5.74) is 7.38. The summed E-state index contributed by atoms with van der Waals surface area (Å²) in [5.74, 6) is 1.60. The predicted octanol–water partition coefficient (Wildman–Crippen LogP) is 2.27. The van der Waals surface area contributed by atoms with E-state index in [1.54, 1.807) is 6.20 Å². The molecule has 15 heavy (non-hydrogen) atoms. The standard InChI is InChI=1S/C12H17N3/c13-11-7-10(3-6-14-11)15-8-12(4-5-12)9-1-2-9/h3,6-7,9H,1-2,4-5,8H2,(H3,13,14,15). The maximum atomic E-state index is 5.63. The minimum absolute atomic E-state index is 0.594. The van der Waals surface area contributed by atoms with E-state index < -0.39 is 0 Å². The molecule has 0 aromatic carbocycles. The average Bonchev–Trinajstić information content (AvgIpc) is 3.08. The molecule has 2 aliphatic carbocycles. The molecule has 3 nitrogen and oxygen atoms in total. The highest BCUT2D eigenvalue weighted by Crippen LogP contribution is 2.61. The molecule has 80 valence electrons. The van der Waals surface area contributed by atoms with Crippen molar-refractivity contribution in [1.29, 1.82) is 0 Å². The Morgan fingerprint density at radius 3 is 2.87 bits per heavy atom. The van der Waals surface area contributed by atoms with Gasteiger partial charge in [0.2, 0.25) is 0 Å². The molecule has 0 spiro atoms. The van der Waals surface area contributed by atoms with Crippen molar-refractivity contribution in [3.8, 4) is 0 Å². The van der Waals surface area contributed by atoms with Gasteiger partial charge >= 0.3 is 0 Å². The molecule has 0 amide bonds. The first-order valence-electron chi connectivity index (χ1n) is 5.74. The van der Waals surface area contributed by atoms with E-state index in [-0.39, 0.29) is 0 Å². The Hall–Kier alpha value is -1.25. The molecule has 0 bridgehead atoms. The number of hydrogen-bond donors (Lipinski definition) is 2. The molecule has 0 unspecified atom stereocenters. The summed E-state index contributed by atoms with van der Waals surface area (Å²) >= 11 is 0. The van der Waals surface area contributed by atoms with Crippen LogP contribution in [0.3, 0.4) is 0 Å². The lowest BCUT2D eigenvalue weighted by Crippen LogP contribution is -2.17. The van der Waals surface area contributed by atoms with Crippen molar-refractivity contribution >= 4 is 11.5 Å². The molecule has 1 aromatic rings. The molecule has 2 fully saturated rings. The van der Waals surface area contributed by atoms with Crippen LogP contribution in [0.1, 0.15) is 25.7 Å². The number of rotatable bonds is 4. The normalized spacial score (nSPS) is 22.4. The van der Waals surface area contributed by atoms with Crippen molar-refractivity contribution in [2.24, 2.45) is 11.3 Å². The lowest BCUT2D eigenvalue weighted by Gasteiger charge is -2.15. The predicted molar refractivity (Wildman–Crippen MR) is 61.5 cm³/mol. The first-order chi connectivity index (χ1) is 7.28. The largest absolute Gasteiger partial charge is 0.384 e. The van der Waals surface area contributed by atoms with Crippen molar-refractivity contribution < 1.29 is 0 Å². The van der Waals surface area contributed by atoms with Gasteiger partial charge in [-0.15, -0.1) is 0 Å². The third-order valence-electron chi connectivity index (χ3n) is 3.76. The second-order valence-corrected chi connectivity index (χ2v) is 4.96. The summed E-state index contributed by atoms with van der Waals surface area (Å²) in [7, 11) is 0. The zero-order valence-electron chi connectivity index (χ0n) is 8.87. The molecule has 1 aromatic heterocycles. The summed E-state index contributed by atoms with van der Waals surface area (Å²) < 4.78 is 0. The Labute approximate surface area is 90.1 Å². The van der Waals surface area contributed by atoms with E-state index in [2.05, 4.69) is 10.3 Å². The summed E-state index contributed by atoms with van der Waals surface area (Å²) in [5, 5.41) is 3.49. The van der Waals surface area contributed by atoms with Gasteiger partial charge in [-0.1, -0.05) is 0 Å². The lowest BCUT2D eigenvalue weighted by atomic mass is 10.0. The lowest BCUT2D eigenvalue weighted by molar-refractivity contribution is 0.467. The second-order valence-electron chi connectivity index (χ2n) is 4.96. The van der Waals surface area contributed by atoms with Crippen LogP contribution in [0.2, 0.25) is 0 Å². The monoisotopic (exact) mass is 203 g/mol. The molecule has 3 N–H and O–H groups in total. The first-order valence-corrected chi connectivity index (χ1v) is 5.74. The fraction of sp³-hybridized carbons (Fsp3) is 0.583. The van der Waals surface area contributed by atoms with E-state index in [0.717, 1.165) is 18.2 Å². The number of nitrogens with one attached hydrogen (secondary N) is 1. The molecule has 0 radical (unpaired) electrons. The molecule has 2 aliphatic rings. The summed E-state index contributed by atoms with van der Waals surface area (Å²) in [6.45, 7) is 1.11. The van der Waals surface area contributed by atoms with Crippen molar-refractivity contribution in [1.82, 2.24) is 4.98 Å². The van der Waals surface area contributed by atoms with Gasteiger partial charge in [-0.25, -0.2) is 4.98 Å². The highest BCUT2D eigenvalue weighted by Gasteiger charge is 2.53. The van der Waals surface area contributed by atoms with E-state index in [1.165, 1.54) is 25.7 Å². The Morgan fingerprint density at radius 1 is 1.47 bits per heavy atom. The molecule has 3 rings (SSSR count). The van der Waals surface area contributed by atoms with Gasteiger partial charge in [0.1, 0.15) is 5.82 Å². The number of hydrogen-bond acceptors (Lipinski definition) is 3. The Kier molecular flexibility index (Phi) is 1.87. The first kappa shape index (κ1) is 9.01. The molecular weight excluding hydrogens is 186 g/mol. The SMILES string of the molecule is Nc1cc(NCC2(C3CC3)CC2)ccn1. The summed E-state index contributed by atoms with van der Waals surface area (Å²) in [4.78, 5) is 3.99. The molecule has 1 heterocycles. The number of anilines is 2. The molecular formula is C12H17N3. The van der Waals surface area contributed by atoms with Crippen molar-refractivity contribution in [2.45, 2.75) is 25.7 Å². The van der Waals surface area contributed by atoms with Gasteiger partial charge in [-0.2, -0.15) is 0 Å². The fourth-order valence-corrected chi connectivity index (χ4v) is 2.42. The van der Waals surface area contributed by atoms with Gasteiger partial charge < -0.3 is 11.1 Å². The van der Waals surface area contributed by atoms with Crippen LogP contribution < -0.4 is 11.1 Å². The molecule has 0 aliphatic heterocycles. The number of pyridine rings is 1. The smallest absolute Gasteiger partial charge is 0.125 e. The summed E-state index contributed by atoms with van der Waals surface area (Å²) in [6, 6.07) is 3.89. The van der Waals surface area contributed by atoms with E-state index in [1.807, 2.05) is 12.1 Å². The van der Waals surface area contributed by atoms with Crippen LogP contribution in [0.15, 0.2) is 18.3 Å². The van der Waals surface area contributed by atoms with Crippen molar-refractivity contribution in [2.75, 3.05) is 17.6 Å². The number of nitrogen functional groups attached to an aromatic ring is 1. The van der Waals surface area contributed by atoms with Crippen molar-refractivity contribution in [3.05, 3.63) is 18.3 Å². The van der Waals surface area contributed by atoms with E-state index >= 15 is 0 Å². The molecule has 0 saturated heterocycles. The van der Waals surface area contributed by atoms with E-state index in [0.29, 0.717) is 11.2 Å². The second kappa shape index (κ2) is 3.12. The van der Waals surface area contributed by atoms with Crippen LogP contribution in [0.4, 0.5) is 11.5 Å². The zero-order chi connectivity index (χ0) is 10.3. The van der Waals surface area contributed by atoms with Crippen LogP contribution in [0.25, 0.3) is 0 Å².